The van der Waals surface area contributed by atoms with E-state index in [0.717, 1.165) is 28.6 Å². The molecule has 0 fully saturated rings. The van der Waals surface area contributed by atoms with Crippen LogP contribution in [0.25, 0.3) is 0 Å². The number of hydrogen-bond acceptors (Lipinski definition) is 3. The van der Waals surface area contributed by atoms with Crippen LogP contribution >= 0.6 is 28.3 Å². The summed E-state index contributed by atoms with van der Waals surface area (Å²) in [5, 5.41) is 3.09. The standard InChI is InChI=1S/C16H25BrN2O2.ClH/c1-4-16(5-2,11-18)19-15(20)9-7-12-6-8-14(21-3)13(17)10-12;/h6,8,10H,4-5,7,9,11,18H2,1-3H3,(H,19,20);1H. The highest BCUT2D eigenvalue weighted by molar-refractivity contribution is 9.10. The minimum Gasteiger partial charge on any atom is -0.496 e. The number of carbonyl (C=O) groups excluding carboxylic acids is 1. The van der Waals surface area contributed by atoms with E-state index in [1.165, 1.54) is 0 Å². The van der Waals surface area contributed by atoms with Crippen molar-refractivity contribution < 1.29 is 9.53 Å². The van der Waals surface area contributed by atoms with Gasteiger partial charge in [-0.2, -0.15) is 0 Å². The Labute approximate surface area is 147 Å². The van der Waals surface area contributed by atoms with Crippen LogP contribution < -0.4 is 15.8 Å². The molecule has 1 rings (SSSR count). The molecule has 6 heteroatoms. The monoisotopic (exact) mass is 392 g/mol. The van der Waals surface area contributed by atoms with E-state index < -0.39 is 0 Å². The number of nitrogens with one attached hydrogen (secondary N) is 1. The molecule has 0 saturated heterocycles. The molecular weight excluding hydrogens is 368 g/mol. The van der Waals surface area contributed by atoms with Crippen LogP contribution in [0.2, 0.25) is 0 Å². The third-order valence-electron chi connectivity index (χ3n) is 4.01. The van der Waals surface area contributed by atoms with E-state index in [1.54, 1.807) is 7.11 Å². The maximum absolute atomic E-state index is 12.1. The number of aryl methyl sites for hydroxylation is 1. The van der Waals surface area contributed by atoms with Gasteiger partial charge in [-0.25, -0.2) is 0 Å². The summed E-state index contributed by atoms with van der Waals surface area (Å²) in [5.41, 5.74) is 6.64. The smallest absolute Gasteiger partial charge is 0.220 e. The molecule has 0 saturated carbocycles. The summed E-state index contributed by atoms with van der Waals surface area (Å²) in [6.45, 7) is 4.58. The third-order valence-corrected chi connectivity index (χ3v) is 4.63. The Kier molecular flexibility index (Phi) is 9.72. The summed E-state index contributed by atoms with van der Waals surface area (Å²) in [7, 11) is 1.63. The van der Waals surface area contributed by atoms with Crippen LogP contribution in [0.5, 0.6) is 5.75 Å². The summed E-state index contributed by atoms with van der Waals surface area (Å²) < 4.78 is 6.10. The molecule has 1 amide bonds. The van der Waals surface area contributed by atoms with Crippen molar-refractivity contribution in [3.8, 4) is 5.75 Å². The van der Waals surface area contributed by atoms with Gasteiger partial charge in [-0.1, -0.05) is 19.9 Å². The highest BCUT2D eigenvalue weighted by Crippen LogP contribution is 2.26. The van der Waals surface area contributed by atoms with Gasteiger partial charge in [0.05, 0.1) is 17.1 Å². The minimum atomic E-state index is -0.266. The van der Waals surface area contributed by atoms with Crippen LogP contribution in [-0.2, 0) is 11.2 Å². The Morgan fingerprint density at radius 1 is 1.36 bits per heavy atom. The summed E-state index contributed by atoms with van der Waals surface area (Å²) in [5.74, 6) is 0.846. The van der Waals surface area contributed by atoms with Gasteiger partial charge in [-0.15, -0.1) is 12.4 Å². The third kappa shape index (κ3) is 5.78. The molecule has 126 valence electrons. The van der Waals surface area contributed by atoms with E-state index in [0.29, 0.717) is 19.4 Å². The fraction of sp³-hybridized carbons (Fsp3) is 0.562. The molecule has 0 aliphatic heterocycles. The van der Waals surface area contributed by atoms with Crippen molar-refractivity contribution in [3.05, 3.63) is 28.2 Å². The number of rotatable bonds is 8. The van der Waals surface area contributed by atoms with Crippen LogP contribution in [-0.4, -0.2) is 25.1 Å². The van der Waals surface area contributed by atoms with Crippen molar-refractivity contribution >= 4 is 34.2 Å². The molecule has 0 bridgehead atoms. The first kappa shape index (κ1) is 21.2. The van der Waals surface area contributed by atoms with Gasteiger partial charge in [0.15, 0.2) is 0 Å². The molecular formula is C16H26BrClN2O2. The summed E-state index contributed by atoms with van der Waals surface area (Å²) in [4.78, 5) is 12.1. The van der Waals surface area contributed by atoms with Gasteiger partial charge >= 0.3 is 0 Å². The van der Waals surface area contributed by atoms with Crippen LogP contribution in [0.4, 0.5) is 0 Å². The zero-order valence-corrected chi connectivity index (χ0v) is 15.9. The van der Waals surface area contributed by atoms with Gasteiger partial charge < -0.3 is 15.8 Å². The number of carbonyl (C=O) groups is 1. The van der Waals surface area contributed by atoms with Crippen LogP contribution in [0.15, 0.2) is 22.7 Å². The van der Waals surface area contributed by atoms with E-state index in [-0.39, 0.29) is 23.9 Å². The Balaban J connectivity index is 0.00000441. The normalized spacial score (nSPS) is 10.8. The largest absolute Gasteiger partial charge is 0.496 e. The number of halogens is 2. The van der Waals surface area contributed by atoms with Crippen molar-refractivity contribution in [2.45, 2.75) is 45.1 Å². The maximum Gasteiger partial charge on any atom is 0.220 e. The van der Waals surface area contributed by atoms with Crippen molar-refractivity contribution in [2.75, 3.05) is 13.7 Å². The van der Waals surface area contributed by atoms with Crippen molar-refractivity contribution in [1.29, 1.82) is 0 Å². The second kappa shape index (κ2) is 10.1. The number of ether oxygens (including phenoxy) is 1. The minimum absolute atomic E-state index is 0. The zero-order valence-electron chi connectivity index (χ0n) is 13.4. The molecule has 0 spiro atoms. The lowest BCUT2D eigenvalue weighted by atomic mass is 9.92. The molecule has 0 aromatic heterocycles. The maximum atomic E-state index is 12.1. The van der Waals surface area contributed by atoms with Crippen LogP contribution in [0.1, 0.15) is 38.7 Å². The molecule has 1 aromatic rings. The van der Waals surface area contributed by atoms with Crippen molar-refractivity contribution in [1.82, 2.24) is 5.32 Å². The van der Waals surface area contributed by atoms with Crippen molar-refractivity contribution in [2.24, 2.45) is 5.73 Å². The van der Waals surface area contributed by atoms with Gasteiger partial charge in [0.25, 0.3) is 0 Å². The van der Waals surface area contributed by atoms with Crippen LogP contribution in [0.3, 0.4) is 0 Å². The first-order valence-corrected chi connectivity index (χ1v) is 8.13. The second-order valence-corrected chi connectivity index (χ2v) is 6.06. The van der Waals surface area contributed by atoms with E-state index in [2.05, 4.69) is 35.1 Å². The second-order valence-electron chi connectivity index (χ2n) is 5.21. The molecule has 4 nitrogen and oxygen atoms in total. The Morgan fingerprint density at radius 3 is 2.45 bits per heavy atom. The fourth-order valence-electron chi connectivity index (χ4n) is 2.25. The number of methoxy groups -OCH3 is 1. The molecule has 0 unspecified atom stereocenters. The summed E-state index contributed by atoms with van der Waals surface area (Å²) in [6, 6.07) is 5.87. The Bertz CT molecular complexity index is 471. The molecule has 1 aromatic carbocycles. The SMILES string of the molecule is CCC(CC)(CN)NC(=O)CCc1ccc(OC)c(Br)c1.Cl. The molecule has 0 heterocycles. The first-order chi connectivity index (χ1) is 10.00. The summed E-state index contributed by atoms with van der Waals surface area (Å²) >= 11 is 3.45. The topological polar surface area (TPSA) is 64.3 Å². The number of benzene rings is 1. The number of amides is 1. The van der Waals surface area contributed by atoms with Gasteiger partial charge in [0.1, 0.15) is 5.75 Å². The van der Waals surface area contributed by atoms with Gasteiger partial charge in [-0.3, -0.25) is 4.79 Å². The molecule has 22 heavy (non-hydrogen) atoms. The molecule has 0 radical (unpaired) electrons. The lowest BCUT2D eigenvalue weighted by Gasteiger charge is -2.31. The predicted octanol–water partition coefficient (Wildman–Crippen LogP) is 3.45. The Hall–Kier alpha value is -0.780. The quantitative estimate of drug-likeness (QED) is 0.711. The average molecular weight is 394 g/mol. The molecule has 3 N–H and O–H groups in total. The number of nitrogens with two attached hydrogens (primary N) is 1. The molecule has 0 aliphatic carbocycles. The van der Waals surface area contributed by atoms with Gasteiger partial charge in [0, 0.05) is 13.0 Å². The molecule has 0 aliphatic rings. The number of hydrogen-bond donors (Lipinski definition) is 2. The molecule has 0 atom stereocenters. The fourth-order valence-corrected chi connectivity index (χ4v) is 2.84. The summed E-state index contributed by atoms with van der Waals surface area (Å²) in [6.07, 6.45) is 2.85. The van der Waals surface area contributed by atoms with E-state index in [4.69, 9.17) is 10.5 Å². The van der Waals surface area contributed by atoms with Crippen molar-refractivity contribution in [3.63, 3.8) is 0 Å². The lowest BCUT2D eigenvalue weighted by Crippen LogP contribution is -2.52. The van der Waals surface area contributed by atoms with E-state index in [9.17, 15) is 4.79 Å². The highest BCUT2D eigenvalue weighted by Gasteiger charge is 2.25. The first-order valence-electron chi connectivity index (χ1n) is 7.33. The van der Waals surface area contributed by atoms with Gasteiger partial charge in [-0.05, 0) is 52.9 Å². The average Bonchev–Trinajstić information content (AvgIpc) is 2.51. The zero-order chi connectivity index (χ0) is 15.9. The highest BCUT2D eigenvalue weighted by atomic mass is 79.9. The van der Waals surface area contributed by atoms with Gasteiger partial charge in [0.2, 0.25) is 5.91 Å². The van der Waals surface area contributed by atoms with E-state index in [1.807, 2.05) is 18.2 Å². The Morgan fingerprint density at radius 2 is 2.00 bits per heavy atom. The lowest BCUT2D eigenvalue weighted by molar-refractivity contribution is -0.123. The predicted molar refractivity (Wildman–Crippen MR) is 96.8 cm³/mol. The van der Waals surface area contributed by atoms with Crippen LogP contribution in [0, 0.1) is 0 Å². The van der Waals surface area contributed by atoms with E-state index >= 15 is 0 Å².